The van der Waals surface area contributed by atoms with E-state index in [1.54, 1.807) is 59.6 Å². The van der Waals surface area contributed by atoms with Crippen molar-refractivity contribution in [3.63, 3.8) is 0 Å². The van der Waals surface area contributed by atoms with Crippen molar-refractivity contribution in [2.75, 3.05) is 53.5 Å². The minimum Gasteiger partial charge on any atom is -0.461 e. The number of nitrogens with zero attached hydrogens (tertiary/aromatic N) is 1. The van der Waals surface area contributed by atoms with Gasteiger partial charge in [0.05, 0.1) is 48.3 Å². The van der Waals surface area contributed by atoms with Gasteiger partial charge in [-0.3, -0.25) is 14.5 Å². The largest absolute Gasteiger partial charge is 0.461 e. The van der Waals surface area contributed by atoms with Crippen LogP contribution in [0.4, 0.5) is 5.69 Å². The summed E-state index contributed by atoms with van der Waals surface area (Å²) in [4.78, 5) is 40.5. The zero-order valence-corrected chi connectivity index (χ0v) is 29.9. The van der Waals surface area contributed by atoms with Crippen LogP contribution in [-0.4, -0.2) is 123 Å². The second kappa shape index (κ2) is 12.5. The molecule has 6 fully saturated rings. The molecule has 13 heteroatoms. The number of benzene rings is 1. The summed E-state index contributed by atoms with van der Waals surface area (Å²) in [5.41, 5.74) is 1.21. The summed E-state index contributed by atoms with van der Waals surface area (Å²) >= 11 is 0. The van der Waals surface area contributed by atoms with Crippen molar-refractivity contribution in [1.29, 1.82) is 0 Å². The van der Waals surface area contributed by atoms with Crippen molar-refractivity contribution in [2.45, 2.75) is 87.6 Å². The van der Waals surface area contributed by atoms with Gasteiger partial charge >= 0.3 is 5.97 Å². The van der Waals surface area contributed by atoms with E-state index in [-0.39, 0.29) is 72.7 Å². The van der Waals surface area contributed by atoms with Crippen LogP contribution in [0.3, 0.4) is 0 Å². The molecule has 6 aliphatic rings. The van der Waals surface area contributed by atoms with E-state index in [9.17, 15) is 24.6 Å². The van der Waals surface area contributed by atoms with Gasteiger partial charge in [-0.2, -0.15) is 0 Å². The molecule has 50 heavy (non-hydrogen) atoms. The molecule has 0 radical (unpaired) electrons. The van der Waals surface area contributed by atoms with Gasteiger partial charge in [0.25, 0.3) is 0 Å². The van der Waals surface area contributed by atoms with Gasteiger partial charge < -0.3 is 44.9 Å². The summed E-state index contributed by atoms with van der Waals surface area (Å²) in [6.45, 7) is 4.84. The molecule has 1 unspecified atom stereocenters. The fourth-order valence-electron chi connectivity index (χ4n) is 12.7. The summed E-state index contributed by atoms with van der Waals surface area (Å²) in [7, 11) is 6.69. The predicted octanol–water partition coefficient (Wildman–Crippen LogP) is 1.59. The first-order valence-electron chi connectivity index (χ1n) is 18.0. The Kier molecular flexibility index (Phi) is 8.93. The molecule has 1 aromatic rings. The Bertz CT molecular complexity index is 1530. The second-order valence-corrected chi connectivity index (χ2v) is 15.9. The standard InChI is InChI=1S/C37H53N3O10/c1-7-40-17-34(18-50-32(43)20-10-8-9-11-23(20)39-31(42)19(2)14-26(38)41)13-12-25(47-4)36-22-15-21-24(46-3)16-35(44,27(22)28(21)48-5)37(45,33(36)40)30(49-6)29(34)36/h8-11,19,21-22,24-25,27-30,33,44-45H,7,12-18H2,1-6H3,(H2,38,41)(H,39,42)/t19-,21+,22+,24-,25-,27+,28-,29+,30-,33?,34-,35+,36-,37+/m0/s1. The zero-order chi connectivity index (χ0) is 36.0. The number of aliphatic hydroxyl groups is 2. The van der Waals surface area contributed by atoms with Crippen molar-refractivity contribution >= 4 is 23.5 Å². The SMILES string of the molecule is CCN1C[C@]2(COC(=O)c3ccccc3NC(=O)[C@@H](C)CC(N)=O)CC[C@H](OC)[C@]34C1[C@](O)([C@@H](OC)[C@H]23)[C@@]1(O)C[C@H](OC)[C@H]2C[C@@H]4[C@@H]1[C@H]2OC. The van der Waals surface area contributed by atoms with Crippen molar-refractivity contribution in [3.05, 3.63) is 29.8 Å². The lowest BCUT2D eigenvalue weighted by Gasteiger charge is -2.70. The van der Waals surface area contributed by atoms with Gasteiger partial charge in [0.2, 0.25) is 11.8 Å². The number of methoxy groups -OCH3 is 4. The minimum absolute atomic E-state index is 0.0402. The highest BCUT2D eigenvalue weighted by molar-refractivity contribution is 6.02. The molecular weight excluding hydrogens is 646 g/mol. The number of rotatable bonds is 12. The monoisotopic (exact) mass is 699 g/mol. The highest BCUT2D eigenvalue weighted by atomic mass is 16.5. The predicted molar refractivity (Wildman–Crippen MR) is 180 cm³/mol. The molecule has 1 aromatic carbocycles. The number of esters is 1. The molecule has 5 N–H and O–H groups in total. The molecular formula is C37H53N3O10. The van der Waals surface area contributed by atoms with Crippen molar-refractivity contribution < 1.29 is 48.3 Å². The number of ether oxygens (including phenoxy) is 5. The Morgan fingerprint density at radius 1 is 1.08 bits per heavy atom. The number of likely N-dealkylation sites (tertiary alicyclic amines) is 1. The number of nitrogens with two attached hydrogens (primary N) is 1. The van der Waals surface area contributed by atoms with Gasteiger partial charge in [-0.1, -0.05) is 26.0 Å². The number of fused-ring (bicyclic) bond motifs is 2. The Balaban J connectivity index is 1.29. The summed E-state index contributed by atoms with van der Waals surface area (Å²) in [6.07, 6.45) is 0.586. The van der Waals surface area contributed by atoms with Gasteiger partial charge in [0.1, 0.15) is 11.2 Å². The first-order chi connectivity index (χ1) is 23.8. The van der Waals surface area contributed by atoms with Crippen LogP contribution < -0.4 is 11.1 Å². The number of hydrogen-bond acceptors (Lipinski definition) is 11. The highest BCUT2D eigenvalue weighted by Crippen LogP contribution is 2.80. The van der Waals surface area contributed by atoms with E-state index < -0.39 is 57.9 Å². The zero-order valence-electron chi connectivity index (χ0n) is 29.9. The van der Waals surface area contributed by atoms with Crippen LogP contribution in [0.5, 0.6) is 0 Å². The van der Waals surface area contributed by atoms with Crippen LogP contribution in [-0.2, 0) is 33.3 Å². The van der Waals surface area contributed by atoms with Crippen molar-refractivity contribution in [3.8, 4) is 0 Å². The average Bonchev–Trinajstić information content (AvgIpc) is 3.52. The number of carbonyl (C=O) groups excluding carboxylic acids is 3. The van der Waals surface area contributed by atoms with Gasteiger partial charge in [-0.25, -0.2) is 4.79 Å². The van der Waals surface area contributed by atoms with E-state index in [1.165, 1.54) is 0 Å². The van der Waals surface area contributed by atoms with Crippen LogP contribution >= 0.6 is 0 Å². The van der Waals surface area contributed by atoms with E-state index >= 15 is 0 Å². The van der Waals surface area contributed by atoms with E-state index in [0.717, 1.165) is 6.42 Å². The fourth-order valence-corrected chi connectivity index (χ4v) is 12.7. The summed E-state index contributed by atoms with van der Waals surface area (Å²) in [6, 6.07) is 6.16. The summed E-state index contributed by atoms with van der Waals surface area (Å²) < 4.78 is 31.3. The highest BCUT2D eigenvalue weighted by Gasteiger charge is 2.91. The molecule has 1 heterocycles. The lowest BCUT2D eigenvalue weighted by molar-refractivity contribution is -0.320. The molecule has 2 amide bonds. The van der Waals surface area contributed by atoms with Crippen LogP contribution in [0.25, 0.3) is 0 Å². The Morgan fingerprint density at radius 2 is 1.82 bits per heavy atom. The van der Waals surface area contributed by atoms with Gasteiger partial charge in [-0.05, 0) is 43.9 Å². The first-order valence-corrected chi connectivity index (χ1v) is 18.0. The molecule has 7 bridgehead atoms. The number of piperidine rings is 1. The number of carbonyl (C=O) groups is 3. The number of nitrogens with one attached hydrogen (secondary N) is 1. The second-order valence-electron chi connectivity index (χ2n) is 15.9. The third-order valence-corrected chi connectivity index (χ3v) is 14.2. The third kappa shape index (κ3) is 4.46. The molecule has 1 aliphatic heterocycles. The fraction of sp³-hybridized carbons (Fsp3) is 0.757. The molecule has 0 aromatic heterocycles. The summed E-state index contributed by atoms with van der Waals surface area (Å²) in [5.74, 6) is -3.02. The lowest BCUT2D eigenvalue weighted by atomic mass is 9.42. The topological polar surface area (TPSA) is 179 Å². The van der Waals surface area contributed by atoms with Crippen molar-refractivity contribution in [1.82, 2.24) is 4.90 Å². The lowest BCUT2D eigenvalue weighted by Crippen LogP contribution is -2.82. The molecule has 276 valence electrons. The summed E-state index contributed by atoms with van der Waals surface area (Å²) in [5, 5.41) is 29.3. The molecule has 1 spiro atoms. The van der Waals surface area contributed by atoms with Crippen LogP contribution in [0, 0.1) is 40.4 Å². The Labute approximate surface area is 293 Å². The quantitative estimate of drug-likeness (QED) is 0.233. The molecule has 14 atom stereocenters. The molecule has 5 aliphatic carbocycles. The van der Waals surface area contributed by atoms with Crippen LogP contribution in [0.15, 0.2) is 24.3 Å². The van der Waals surface area contributed by atoms with Crippen LogP contribution in [0.2, 0.25) is 0 Å². The van der Waals surface area contributed by atoms with Crippen LogP contribution in [0.1, 0.15) is 56.3 Å². The third-order valence-electron chi connectivity index (χ3n) is 14.2. The Hall–Kier alpha value is -2.65. The molecule has 13 nitrogen and oxygen atoms in total. The normalized spacial score (nSPS) is 44.4. The van der Waals surface area contributed by atoms with E-state index in [4.69, 9.17) is 29.4 Å². The smallest absolute Gasteiger partial charge is 0.340 e. The first kappa shape index (κ1) is 35.7. The molecule has 7 rings (SSSR count). The van der Waals surface area contributed by atoms with E-state index in [0.29, 0.717) is 25.9 Å². The number of anilines is 1. The number of likely N-dealkylation sites (N-methyl/N-ethyl adjacent to an activating group) is 1. The van der Waals surface area contributed by atoms with Crippen molar-refractivity contribution in [2.24, 2.45) is 46.2 Å². The maximum atomic E-state index is 14.0. The molecule has 5 saturated carbocycles. The molecule has 1 saturated heterocycles. The van der Waals surface area contributed by atoms with E-state index in [1.807, 2.05) is 0 Å². The van der Waals surface area contributed by atoms with Gasteiger partial charge in [0, 0.05) is 82.3 Å². The number of hydrogen-bond donors (Lipinski definition) is 4. The van der Waals surface area contributed by atoms with Gasteiger partial charge in [-0.15, -0.1) is 0 Å². The van der Waals surface area contributed by atoms with E-state index in [2.05, 4.69) is 17.1 Å². The minimum atomic E-state index is -1.70. The number of amides is 2. The maximum Gasteiger partial charge on any atom is 0.340 e. The number of para-hydroxylation sites is 1. The Morgan fingerprint density at radius 3 is 2.46 bits per heavy atom. The van der Waals surface area contributed by atoms with Gasteiger partial charge in [0.15, 0.2) is 0 Å². The number of primary amides is 1. The average molecular weight is 700 g/mol. The maximum absolute atomic E-state index is 14.0.